The minimum absolute atomic E-state index is 0.0725. The van der Waals surface area contributed by atoms with Crippen molar-refractivity contribution in [2.24, 2.45) is 5.73 Å². The molecule has 1 unspecified atom stereocenters. The molecule has 0 saturated carbocycles. The molecule has 6 nitrogen and oxygen atoms in total. The Hall–Kier alpha value is -0.730. The van der Waals surface area contributed by atoms with Gasteiger partial charge < -0.3 is 10.6 Å². The molecule has 0 aromatic rings. The first-order valence-electron chi connectivity index (χ1n) is 5.09. The Balaban J connectivity index is 4.94. The van der Waals surface area contributed by atoms with Crippen LogP contribution in [0.2, 0.25) is 0 Å². The van der Waals surface area contributed by atoms with E-state index in [0.717, 1.165) is 4.31 Å². The Bertz CT molecular complexity index is 392. The van der Waals surface area contributed by atoms with Crippen LogP contribution >= 0.6 is 12.2 Å². The molecule has 17 heavy (non-hydrogen) atoms. The van der Waals surface area contributed by atoms with E-state index in [1.165, 1.54) is 11.9 Å². The van der Waals surface area contributed by atoms with Crippen molar-refractivity contribution in [3.8, 4) is 0 Å². The molecule has 0 aromatic heterocycles. The van der Waals surface area contributed by atoms with Crippen molar-refractivity contribution in [1.29, 1.82) is 0 Å². The molecule has 0 aliphatic heterocycles. The fourth-order valence-electron chi connectivity index (χ4n) is 1.20. The predicted octanol–water partition coefficient (Wildman–Crippen LogP) is -0.599. The molecule has 0 aromatic carbocycles. The average Bonchev–Trinajstić information content (AvgIpc) is 2.16. The maximum absolute atomic E-state index is 12.0. The molecule has 0 heterocycles. The van der Waals surface area contributed by atoms with Gasteiger partial charge in [-0.3, -0.25) is 4.79 Å². The lowest BCUT2D eigenvalue weighted by Crippen LogP contribution is -2.46. The summed E-state index contributed by atoms with van der Waals surface area (Å²) in [5.41, 5.74) is 5.39. The summed E-state index contributed by atoms with van der Waals surface area (Å²) in [6, 6.07) is 0. The molecular weight excluding hydrogens is 262 g/mol. The van der Waals surface area contributed by atoms with E-state index < -0.39 is 15.3 Å². The van der Waals surface area contributed by atoms with Crippen LogP contribution in [0.3, 0.4) is 0 Å². The van der Waals surface area contributed by atoms with Crippen LogP contribution in [-0.2, 0) is 14.8 Å². The molecule has 8 heteroatoms. The van der Waals surface area contributed by atoms with Gasteiger partial charge in [0.2, 0.25) is 15.9 Å². The van der Waals surface area contributed by atoms with Crippen LogP contribution in [-0.4, -0.2) is 61.5 Å². The molecule has 1 amide bonds. The summed E-state index contributed by atoms with van der Waals surface area (Å²) in [4.78, 5) is 12.7. The maximum atomic E-state index is 12.0. The number of nitrogens with two attached hydrogens (primary N) is 1. The molecule has 0 fully saturated rings. The van der Waals surface area contributed by atoms with E-state index in [1.807, 2.05) is 0 Å². The smallest absolute Gasteiger partial charge is 0.237 e. The SMILES string of the molecule is CCC(C(N)=S)S(=O)(=O)N(C)CC(=O)N(C)C. The zero-order chi connectivity index (χ0) is 13.8. The number of nitrogens with zero attached hydrogens (tertiary/aromatic N) is 2. The summed E-state index contributed by atoms with van der Waals surface area (Å²) >= 11 is 4.73. The lowest BCUT2D eigenvalue weighted by atomic mass is 10.3. The quantitative estimate of drug-likeness (QED) is 0.657. The van der Waals surface area contributed by atoms with E-state index in [4.69, 9.17) is 18.0 Å². The van der Waals surface area contributed by atoms with Crippen LogP contribution in [0.1, 0.15) is 13.3 Å². The second-order valence-corrected chi connectivity index (χ2v) is 6.58. The van der Waals surface area contributed by atoms with Crippen molar-refractivity contribution >= 4 is 33.1 Å². The zero-order valence-electron chi connectivity index (χ0n) is 10.5. The molecule has 0 saturated heterocycles. The first kappa shape index (κ1) is 16.3. The zero-order valence-corrected chi connectivity index (χ0v) is 12.1. The summed E-state index contributed by atoms with van der Waals surface area (Å²) in [6.45, 7) is 1.47. The van der Waals surface area contributed by atoms with E-state index >= 15 is 0 Å². The highest BCUT2D eigenvalue weighted by atomic mass is 32.2. The molecule has 0 bridgehead atoms. The second-order valence-electron chi connectivity index (χ2n) is 3.89. The number of rotatable bonds is 6. The van der Waals surface area contributed by atoms with Gasteiger partial charge in [0.05, 0.1) is 11.5 Å². The summed E-state index contributed by atoms with van der Waals surface area (Å²) in [6.07, 6.45) is 0.290. The highest BCUT2D eigenvalue weighted by molar-refractivity contribution is 7.92. The van der Waals surface area contributed by atoms with Crippen molar-refractivity contribution in [2.75, 3.05) is 27.7 Å². The van der Waals surface area contributed by atoms with Gasteiger partial charge in [-0.05, 0) is 6.42 Å². The Kier molecular flexibility index (Phi) is 6.00. The van der Waals surface area contributed by atoms with Crippen molar-refractivity contribution in [3.05, 3.63) is 0 Å². The van der Waals surface area contributed by atoms with Crippen LogP contribution in [0.4, 0.5) is 0 Å². The van der Waals surface area contributed by atoms with Gasteiger partial charge in [-0.25, -0.2) is 8.42 Å². The van der Waals surface area contributed by atoms with Crippen LogP contribution < -0.4 is 5.73 Å². The van der Waals surface area contributed by atoms with Crippen LogP contribution in [0.5, 0.6) is 0 Å². The highest BCUT2D eigenvalue weighted by Gasteiger charge is 2.31. The van der Waals surface area contributed by atoms with Crippen LogP contribution in [0.15, 0.2) is 0 Å². The van der Waals surface area contributed by atoms with E-state index in [-0.39, 0.29) is 23.9 Å². The monoisotopic (exact) mass is 281 g/mol. The van der Waals surface area contributed by atoms with E-state index in [9.17, 15) is 13.2 Å². The lowest BCUT2D eigenvalue weighted by Gasteiger charge is -2.23. The third-order valence-electron chi connectivity index (χ3n) is 2.34. The summed E-state index contributed by atoms with van der Waals surface area (Å²) in [7, 11) is 0.812. The normalized spacial score (nSPS) is 13.5. The van der Waals surface area contributed by atoms with Gasteiger partial charge in [0, 0.05) is 21.1 Å². The summed E-state index contributed by atoms with van der Waals surface area (Å²) < 4.78 is 25.1. The first-order valence-corrected chi connectivity index (χ1v) is 7.00. The third kappa shape index (κ3) is 4.21. The van der Waals surface area contributed by atoms with Gasteiger partial charge in [0.25, 0.3) is 0 Å². The van der Waals surface area contributed by atoms with Crippen LogP contribution in [0.25, 0.3) is 0 Å². The topological polar surface area (TPSA) is 83.7 Å². The van der Waals surface area contributed by atoms with Gasteiger partial charge in [0.15, 0.2) is 0 Å². The summed E-state index contributed by atoms with van der Waals surface area (Å²) in [5, 5.41) is -0.919. The fraction of sp³-hybridized carbons (Fsp3) is 0.778. The van der Waals surface area contributed by atoms with E-state index in [2.05, 4.69) is 0 Å². The van der Waals surface area contributed by atoms with Gasteiger partial charge in [-0.2, -0.15) is 4.31 Å². The summed E-state index contributed by atoms with van der Waals surface area (Å²) in [5.74, 6) is -0.297. The number of carbonyl (C=O) groups excluding carboxylic acids is 1. The molecule has 1 atom stereocenters. The van der Waals surface area contributed by atoms with Gasteiger partial charge in [-0.15, -0.1) is 0 Å². The fourth-order valence-corrected chi connectivity index (χ4v) is 3.17. The highest BCUT2D eigenvalue weighted by Crippen LogP contribution is 2.11. The number of amides is 1. The number of carbonyl (C=O) groups is 1. The Morgan fingerprint density at radius 1 is 1.35 bits per heavy atom. The molecular formula is C9H19N3O3S2. The second kappa shape index (κ2) is 6.27. The van der Waals surface area contributed by atoms with Crippen molar-refractivity contribution < 1.29 is 13.2 Å². The van der Waals surface area contributed by atoms with Gasteiger partial charge in [0.1, 0.15) is 5.25 Å². The Morgan fingerprint density at radius 3 is 2.12 bits per heavy atom. The first-order chi connectivity index (χ1) is 7.64. The molecule has 0 rings (SSSR count). The molecule has 0 aliphatic rings. The molecule has 2 N–H and O–H groups in total. The van der Waals surface area contributed by atoms with E-state index in [0.29, 0.717) is 0 Å². The molecule has 0 aliphatic carbocycles. The maximum Gasteiger partial charge on any atom is 0.237 e. The Morgan fingerprint density at radius 2 is 1.82 bits per heavy atom. The predicted molar refractivity (Wildman–Crippen MR) is 71.1 cm³/mol. The third-order valence-corrected chi connectivity index (χ3v) is 5.08. The number of thiocarbonyl (C=S) groups is 1. The number of hydrogen-bond acceptors (Lipinski definition) is 4. The molecule has 0 radical (unpaired) electrons. The lowest BCUT2D eigenvalue weighted by molar-refractivity contribution is -0.128. The minimum Gasteiger partial charge on any atom is -0.392 e. The van der Waals surface area contributed by atoms with E-state index in [1.54, 1.807) is 21.0 Å². The van der Waals surface area contributed by atoms with Gasteiger partial charge >= 0.3 is 0 Å². The average molecular weight is 281 g/mol. The minimum atomic E-state index is -3.66. The standard InChI is InChI=1S/C9H19N3O3S2/c1-5-7(9(10)16)17(14,15)12(4)6-8(13)11(2)3/h7H,5-6H2,1-4H3,(H2,10,16). The largest absolute Gasteiger partial charge is 0.392 e. The van der Waals surface area contributed by atoms with Crippen molar-refractivity contribution in [1.82, 2.24) is 9.21 Å². The van der Waals surface area contributed by atoms with Crippen molar-refractivity contribution in [3.63, 3.8) is 0 Å². The van der Waals surface area contributed by atoms with Gasteiger partial charge in [-0.1, -0.05) is 19.1 Å². The Labute approximate surface area is 108 Å². The number of sulfonamides is 1. The molecule has 100 valence electrons. The number of likely N-dealkylation sites (N-methyl/N-ethyl adjacent to an activating group) is 2. The van der Waals surface area contributed by atoms with Crippen LogP contribution in [0, 0.1) is 0 Å². The number of hydrogen-bond donors (Lipinski definition) is 1. The molecule has 0 spiro atoms. The van der Waals surface area contributed by atoms with Crippen molar-refractivity contribution in [2.45, 2.75) is 18.6 Å².